The van der Waals surface area contributed by atoms with Gasteiger partial charge < -0.3 is 22.1 Å². The Morgan fingerprint density at radius 3 is 1.54 bits per heavy atom. The van der Waals surface area contributed by atoms with Crippen molar-refractivity contribution in [3.63, 3.8) is 0 Å². The number of rotatable bonds is 14. The number of hydrogen-bond acceptors (Lipinski definition) is 16. The number of aryl methyl sites for hydroxylation is 2. The topological polar surface area (TPSA) is 250 Å². The summed E-state index contributed by atoms with van der Waals surface area (Å²) < 4.78 is 63.9. The van der Waals surface area contributed by atoms with E-state index < -0.39 is 20.2 Å². The van der Waals surface area contributed by atoms with Gasteiger partial charge in [0.25, 0.3) is 20.2 Å². The zero-order valence-corrected chi connectivity index (χ0v) is 43.4. The molecule has 0 spiro atoms. The molecule has 0 radical (unpaired) electrons. The van der Waals surface area contributed by atoms with Gasteiger partial charge in [0, 0.05) is 51.8 Å². The molecule has 0 saturated heterocycles. The van der Waals surface area contributed by atoms with Gasteiger partial charge in [-0.25, -0.2) is 0 Å². The number of nitrogen functional groups attached to an aromatic ring is 2. The number of hydrogen-bond donors (Lipinski definition) is 9. The third kappa shape index (κ3) is 13.5. The summed E-state index contributed by atoms with van der Waals surface area (Å²) in [6, 6.07) is 51.2. The summed E-state index contributed by atoms with van der Waals surface area (Å²) >= 11 is 8.57. The van der Waals surface area contributed by atoms with Crippen LogP contribution in [0.3, 0.4) is 0 Å². The fraction of sp³-hybridized carbons (Fsp3) is 0.0741. The van der Waals surface area contributed by atoms with Gasteiger partial charge in [0.2, 0.25) is 0 Å². The van der Waals surface area contributed by atoms with Crippen LogP contribution >= 0.6 is 25.3 Å². The van der Waals surface area contributed by atoms with E-state index in [9.17, 15) is 21.4 Å². The van der Waals surface area contributed by atoms with Crippen molar-refractivity contribution in [1.82, 2.24) is 0 Å². The highest BCUT2D eigenvalue weighted by Crippen LogP contribution is 2.33. The molecule has 0 aliphatic heterocycles. The standard InChI is InChI=1S/C44H41N9O3S2.C10H9NO3S2/c1-28-22-37(16-20-42(28)50-48-34-10-6-32(45)7-11-34)46-27-30-4-8-33(9-5-30)47-38-17-21-43(29(2)23-38)51-49-35-12-14-36(15-13-35)52-53(3)39-18-19-41-31(24-39)25-40(26-44(41)57)58(54,55)56;11-7-1-2-9-6(3-7)4-8(5-10(9)15)16(12,13)14/h4-26,46-47,52,57H,27,45H2,1-3H3,(H,54,55,56);1-5,15H,11H2,(H,12,13,14). The second kappa shape index (κ2) is 22.4. The second-order valence-corrected chi connectivity index (χ2v) is 20.9. The van der Waals surface area contributed by atoms with Crippen LogP contribution in [0, 0.1) is 13.8 Å². The van der Waals surface area contributed by atoms with Crippen LogP contribution in [-0.2, 0) is 26.8 Å². The summed E-state index contributed by atoms with van der Waals surface area (Å²) in [6.45, 7) is 4.69. The van der Waals surface area contributed by atoms with Gasteiger partial charge in [0.15, 0.2) is 0 Å². The van der Waals surface area contributed by atoms with Gasteiger partial charge in [-0.3, -0.25) is 19.5 Å². The average molecular weight is 1060 g/mol. The maximum Gasteiger partial charge on any atom is 0.294 e. The summed E-state index contributed by atoms with van der Waals surface area (Å²) in [4.78, 5) is 0.543. The van der Waals surface area contributed by atoms with Crippen LogP contribution in [0.4, 0.5) is 62.6 Å². The van der Waals surface area contributed by atoms with Crippen LogP contribution in [0.1, 0.15) is 16.7 Å². The Kier molecular flexibility index (Phi) is 15.9. The lowest BCUT2D eigenvalue weighted by Gasteiger charge is -2.22. The van der Waals surface area contributed by atoms with Gasteiger partial charge in [-0.15, -0.1) is 25.3 Å². The zero-order chi connectivity index (χ0) is 52.7. The normalized spacial score (nSPS) is 11.7. The lowest BCUT2D eigenvalue weighted by Crippen LogP contribution is -2.24. The van der Waals surface area contributed by atoms with Gasteiger partial charge in [0.05, 0.1) is 43.9 Å². The Morgan fingerprint density at radius 2 is 0.986 bits per heavy atom. The molecule has 74 heavy (non-hydrogen) atoms. The highest BCUT2D eigenvalue weighted by Gasteiger charge is 2.15. The monoisotopic (exact) mass is 1060 g/mol. The van der Waals surface area contributed by atoms with Crippen molar-refractivity contribution in [2.24, 2.45) is 20.5 Å². The molecular weight excluding hydrogens is 1010 g/mol. The molecule has 0 unspecified atom stereocenters. The lowest BCUT2D eigenvalue weighted by molar-refractivity contribution is 0.481. The number of nitrogens with one attached hydrogen (secondary N) is 3. The molecule has 0 fully saturated rings. The predicted molar refractivity (Wildman–Crippen MR) is 304 cm³/mol. The molecule has 0 aliphatic carbocycles. The minimum absolute atomic E-state index is 0.185. The van der Waals surface area contributed by atoms with E-state index in [0.29, 0.717) is 44.2 Å². The maximum atomic E-state index is 11.7. The molecule has 0 aliphatic rings. The van der Waals surface area contributed by atoms with E-state index in [0.717, 1.165) is 73.0 Å². The molecular formula is C54H50N10O6S4. The Hall–Kier alpha value is -7.98. The van der Waals surface area contributed by atoms with Crippen molar-refractivity contribution in [1.29, 1.82) is 0 Å². The zero-order valence-electron chi connectivity index (χ0n) is 40.0. The largest absolute Gasteiger partial charge is 0.399 e. The van der Waals surface area contributed by atoms with Crippen molar-refractivity contribution in [3.8, 4) is 0 Å². The van der Waals surface area contributed by atoms with Gasteiger partial charge in [-0.2, -0.15) is 37.3 Å². The third-order valence-corrected chi connectivity index (χ3v) is 13.9. The van der Waals surface area contributed by atoms with Gasteiger partial charge in [-0.1, -0.05) is 24.3 Å². The van der Waals surface area contributed by atoms with Crippen LogP contribution in [0.25, 0.3) is 21.5 Å². The highest BCUT2D eigenvalue weighted by atomic mass is 32.2. The molecule has 9 N–H and O–H groups in total. The number of nitrogens with two attached hydrogens (primary N) is 2. The first-order valence-corrected chi connectivity index (χ1v) is 26.4. The first kappa shape index (κ1) is 52.3. The van der Waals surface area contributed by atoms with E-state index in [2.05, 4.69) is 92.1 Å². The molecule has 376 valence electrons. The number of benzene rings is 9. The van der Waals surface area contributed by atoms with Crippen LogP contribution in [0.5, 0.6) is 0 Å². The number of azo groups is 2. The molecule has 20 heteroatoms. The van der Waals surface area contributed by atoms with E-state index >= 15 is 0 Å². The molecule has 9 aromatic carbocycles. The van der Waals surface area contributed by atoms with Gasteiger partial charge in [-0.05, 0) is 198 Å². The smallest absolute Gasteiger partial charge is 0.294 e. The fourth-order valence-corrected chi connectivity index (χ4v) is 9.53. The second-order valence-electron chi connectivity index (χ2n) is 17.1. The van der Waals surface area contributed by atoms with E-state index in [-0.39, 0.29) is 9.79 Å². The van der Waals surface area contributed by atoms with E-state index in [1.807, 2.05) is 106 Å². The lowest BCUT2D eigenvalue weighted by atomic mass is 10.1. The van der Waals surface area contributed by atoms with Crippen LogP contribution in [-0.4, -0.2) is 33.0 Å². The number of fused-ring (bicyclic) bond motifs is 2. The molecule has 0 amide bonds. The third-order valence-electron chi connectivity index (χ3n) is 11.5. The predicted octanol–water partition coefficient (Wildman–Crippen LogP) is 14.2. The van der Waals surface area contributed by atoms with Crippen molar-refractivity contribution < 1.29 is 25.9 Å². The first-order valence-electron chi connectivity index (χ1n) is 22.6. The van der Waals surface area contributed by atoms with E-state index in [1.54, 1.807) is 35.3 Å². The highest BCUT2D eigenvalue weighted by molar-refractivity contribution is 7.86. The first-order chi connectivity index (χ1) is 35.2. The molecule has 0 bridgehead atoms. The number of hydrazine groups is 1. The number of nitrogens with zero attached hydrogens (tertiary/aromatic N) is 5. The van der Waals surface area contributed by atoms with Gasteiger partial charge >= 0.3 is 0 Å². The minimum atomic E-state index is -4.36. The van der Waals surface area contributed by atoms with E-state index in [4.69, 9.17) is 16.0 Å². The Morgan fingerprint density at radius 1 is 0.514 bits per heavy atom. The minimum Gasteiger partial charge on any atom is -0.399 e. The number of anilines is 7. The van der Waals surface area contributed by atoms with Crippen molar-refractivity contribution in [3.05, 3.63) is 187 Å². The molecule has 0 aromatic heterocycles. The quantitative estimate of drug-likeness (QED) is 0.0162. The Balaban J connectivity index is 0.000000386. The molecule has 9 aromatic rings. The molecule has 0 heterocycles. The van der Waals surface area contributed by atoms with Crippen LogP contribution < -0.4 is 32.5 Å². The summed E-state index contributed by atoms with van der Waals surface area (Å²) in [6.07, 6.45) is 0. The van der Waals surface area contributed by atoms with Crippen LogP contribution in [0.2, 0.25) is 0 Å². The Bertz CT molecular complexity index is 3830. The molecule has 0 atom stereocenters. The molecule has 0 saturated carbocycles. The molecule has 16 nitrogen and oxygen atoms in total. The molecule has 9 rings (SSSR count). The Labute approximate surface area is 439 Å². The van der Waals surface area contributed by atoms with E-state index in [1.165, 1.54) is 24.3 Å². The van der Waals surface area contributed by atoms with Gasteiger partial charge in [0.1, 0.15) is 0 Å². The summed E-state index contributed by atoms with van der Waals surface area (Å²) in [5.74, 6) is 0. The SMILES string of the molecule is Cc1cc(NCc2ccc(Nc3ccc(N=Nc4ccc(NN(C)c5ccc6c(S)cc(S(=O)(=O)O)cc6c5)cc4)c(C)c3)cc2)ccc1N=Nc1ccc(N)cc1.Nc1ccc2c(S)cc(S(=O)(=O)O)cc2c1. The average Bonchev–Trinajstić information content (AvgIpc) is 3.36. The van der Waals surface area contributed by atoms with Crippen LogP contribution in [0.15, 0.2) is 210 Å². The number of thiol groups is 2. The summed E-state index contributed by atoms with van der Waals surface area (Å²) in [5.41, 5.74) is 26.6. The van der Waals surface area contributed by atoms with Crippen molar-refractivity contribution in [2.75, 3.05) is 39.6 Å². The maximum absolute atomic E-state index is 11.7. The van der Waals surface area contributed by atoms with Crippen molar-refractivity contribution >= 4 is 130 Å². The fourth-order valence-electron chi connectivity index (χ4n) is 7.58. The summed E-state index contributed by atoms with van der Waals surface area (Å²) in [7, 11) is -6.73. The summed E-state index contributed by atoms with van der Waals surface area (Å²) in [5, 5.41) is 29.2. The van der Waals surface area contributed by atoms with Crippen molar-refractivity contribution in [2.45, 2.75) is 40.0 Å².